The van der Waals surface area contributed by atoms with Crippen molar-refractivity contribution >= 4 is 28.5 Å². The molecule has 0 aliphatic heterocycles. The lowest BCUT2D eigenvalue weighted by molar-refractivity contribution is -0.136. The molecule has 1 aromatic heterocycles. The van der Waals surface area contributed by atoms with Crippen LogP contribution in [0.4, 0.5) is 28.9 Å². The van der Waals surface area contributed by atoms with E-state index in [0.717, 1.165) is 6.07 Å². The summed E-state index contributed by atoms with van der Waals surface area (Å²) in [5.41, 5.74) is -0.145. The van der Waals surface area contributed by atoms with Crippen molar-refractivity contribution in [1.29, 1.82) is 0 Å². The molecule has 2 aromatic carbocycles. The highest BCUT2D eigenvalue weighted by atomic mass is 19.4. The zero-order valence-corrected chi connectivity index (χ0v) is 15.8. The van der Waals surface area contributed by atoms with Crippen LogP contribution in [0.25, 0.3) is 10.9 Å². The number of aliphatic imine (C=N–C) groups is 1. The number of rotatable bonds is 6. The van der Waals surface area contributed by atoms with Gasteiger partial charge in [-0.15, -0.1) is 0 Å². The Kier molecular flexibility index (Phi) is 5.78. The second-order valence-electron chi connectivity index (χ2n) is 6.79. The monoisotopic (exact) mass is 408 g/mol. The van der Waals surface area contributed by atoms with Gasteiger partial charge in [-0.25, -0.2) is 4.39 Å². The van der Waals surface area contributed by atoms with Crippen LogP contribution in [0.2, 0.25) is 0 Å². The minimum atomic E-state index is -4.55. The largest absolute Gasteiger partial charge is 0.494 e. The highest BCUT2D eigenvalue weighted by molar-refractivity contribution is 6.02. The fraction of sp³-hybridized carbons (Fsp3) is 0.250. The second-order valence-corrected chi connectivity index (χ2v) is 6.79. The normalized spacial score (nSPS) is 12.4. The summed E-state index contributed by atoms with van der Waals surface area (Å²) in [5.74, 6) is -0.721. The van der Waals surface area contributed by atoms with E-state index in [9.17, 15) is 22.7 Å². The molecule has 0 bridgehead atoms. The molecule has 0 saturated carbocycles. The highest BCUT2D eigenvalue weighted by Crippen LogP contribution is 2.37. The molecule has 0 atom stereocenters. The van der Waals surface area contributed by atoms with Crippen LogP contribution in [0.3, 0.4) is 0 Å². The number of aromatic hydroxyl groups is 1. The van der Waals surface area contributed by atoms with Crippen LogP contribution in [0.1, 0.15) is 11.1 Å². The number of halogens is 4. The van der Waals surface area contributed by atoms with Crippen molar-refractivity contribution in [3.63, 3.8) is 0 Å². The average Bonchev–Trinajstić information content (AvgIpc) is 2.93. The van der Waals surface area contributed by atoms with E-state index in [1.165, 1.54) is 36.5 Å². The molecule has 0 unspecified atom stereocenters. The minimum absolute atomic E-state index is 0.0243. The molecule has 3 rings (SSSR count). The number of H-pyrrole nitrogens is 1. The summed E-state index contributed by atoms with van der Waals surface area (Å²) in [4.78, 5) is 8.54. The van der Waals surface area contributed by atoms with Crippen LogP contribution in [0.5, 0.6) is 5.88 Å². The number of alkyl halides is 3. The molecule has 5 nitrogen and oxygen atoms in total. The van der Waals surface area contributed by atoms with Gasteiger partial charge in [0, 0.05) is 30.4 Å². The maximum Gasteiger partial charge on any atom is 0.418 e. The number of fused-ring (bicyclic) bond motifs is 1. The lowest BCUT2D eigenvalue weighted by Crippen LogP contribution is -2.22. The van der Waals surface area contributed by atoms with E-state index in [1.54, 1.807) is 0 Å². The van der Waals surface area contributed by atoms with Crippen molar-refractivity contribution in [3.8, 4) is 5.88 Å². The zero-order chi connectivity index (χ0) is 21.2. The SMILES string of the molecule is CN(C)CCNc1ccc(N=Cc2c(O)[nH]c3cc(F)ccc23)cc1C(F)(F)F. The molecule has 0 aliphatic rings. The maximum absolute atomic E-state index is 13.5. The van der Waals surface area contributed by atoms with Gasteiger partial charge in [0.25, 0.3) is 0 Å². The molecule has 3 aromatic rings. The first-order valence-corrected chi connectivity index (χ1v) is 8.79. The summed E-state index contributed by atoms with van der Waals surface area (Å²) in [6.07, 6.45) is -3.30. The van der Waals surface area contributed by atoms with Gasteiger partial charge < -0.3 is 20.3 Å². The molecule has 0 amide bonds. The second kappa shape index (κ2) is 8.12. The van der Waals surface area contributed by atoms with E-state index in [1.807, 2.05) is 19.0 Å². The van der Waals surface area contributed by atoms with Crippen molar-refractivity contribution in [3.05, 3.63) is 53.3 Å². The van der Waals surface area contributed by atoms with Crippen molar-refractivity contribution in [2.75, 3.05) is 32.5 Å². The highest BCUT2D eigenvalue weighted by Gasteiger charge is 2.33. The average molecular weight is 408 g/mol. The van der Waals surface area contributed by atoms with Crippen LogP contribution in [-0.4, -0.2) is 48.4 Å². The first kappa shape index (κ1) is 20.7. The smallest absolute Gasteiger partial charge is 0.418 e. The summed E-state index contributed by atoms with van der Waals surface area (Å²) >= 11 is 0. The molecule has 1 heterocycles. The van der Waals surface area contributed by atoms with Gasteiger partial charge in [0.2, 0.25) is 0 Å². The molecule has 0 aliphatic carbocycles. The Morgan fingerprint density at radius 3 is 2.62 bits per heavy atom. The first-order chi connectivity index (χ1) is 13.6. The zero-order valence-electron chi connectivity index (χ0n) is 15.8. The Labute approximate surface area is 164 Å². The molecule has 0 saturated heterocycles. The number of likely N-dealkylation sites (N-methyl/N-ethyl adjacent to an activating group) is 1. The van der Waals surface area contributed by atoms with Gasteiger partial charge in [0.15, 0.2) is 5.88 Å². The van der Waals surface area contributed by atoms with Gasteiger partial charge in [-0.3, -0.25) is 4.99 Å². The minimum Gasteiger partial charge on any atom is -0.494 e. The number of nitrogens with zero attached hydrogens (tertiary/aromatic N) is 2. The number of hydrogen-bond acceptors (Lipinski definition) is 4. The van der Waals surface area contributed by atoms with Gasteiger partial charge in [0.1, 0.15) is 5.82 Å². The van der Waals surface area contributed by atoms with Gasteiger partial charge in [-0.2, -0.15) is 13.2 Å². The predicted molar refractivity (Wildman–Crippen MR) is 106 cm³/mol. The van der Waals surface area contributed by atoms with Crippen LogP contribution >= 0.6 is 0 Å². The van der Waals surface area contributed by atoms with Crippen LogP contribution in [0.15, 0.2) is 41.4 Å². The molecule has 3 N–H and O–H groups in total. The lowest BCUT2D eigenvalue weighted by atomic mass is 10.1. The van der Waals surface area contributed by atoms with Crippen LogP contribution in [-0.2, 0) is 6.18 Å². The van der Waals surface area contributed by atoms with Crippen LogP contribution in [0, 0.1) is 5.82 Å². The summed E-state index contributed by atoms with van der Waals surface area (Å²) in [6, 6.07) is 7.62. The first-order valence-electron chi connectivity index (χ1n) is 8.79. The molecular formula is C20H20F4N4O. The molecule has 154 valence electrons. The van der Waals surface area contributed by atoms with Crippen molar-refractivity contribution < 1.29 is 22.7 Å². The fourth-order valence-corrected chi connectivity index (χ4v) is 2.86. The summed E-state index contributed by atoms with van der Waals surface area (Å²) in [7, 11) is 3.66. The van der Waals surface area contributed by atoms with E-state index in [0.29, 0.717) is 24.0 Å². The third-order valence-corrected chi connectivity index (χ3v) is 4.31. The Morgan fingerprint density at radius 1 is 1.17 bits per heavy atom. The molecule has 0 fully saturated rings. The Morgan fingerprint density at radius 2 is 1.93 bits per heavy atom. The molecular weight excluding hydrogens is 388 g/mol. The number of hydrogen-bond donors (Lipinski definition) is 3. The Balaban J connectivity index is 1.90. The number of aromatic amines is 1. The fourth-order valence-electron chi connectivity index (χ4n) is 2.86. The number of nitrogens with one attached hydrogen (secondary N) is 2. The summed E-state index contributed by atoms with van der Waals surface area (Å²) in [6.45, 7) is 0.941. The Hall–Kier alpha value is -3.07. The van der Waals surface area contributed by atoms with Crippen LogP contribution < -0.4 is 5.32 Å². The number of aromatic nitrogens is 1. The number of benzene rings is 2. The molecule has 29 heavy (non-hydrogen) atoms. The van der Waals surface area contributed by atoms with Crippen molar-refractivity contribution in [2.45, 2.75) is 6.18 Å². The molecule has 0 spiro atoms. The third-order valence-electron chi connectivity index (χ3n) is 4.31. The standard InChI is InChI=1S/C20H20F4N4O/c1-28(2)8-7-25-17-6-4-13(10-16(17)20(22,23)24)26-11-15-14-5-3-12(21)9-18(14)27-19(15)29/h3-6,9-11,25,27,29H,7-8H2,1-2H3. The maximum atomic E-state index is 13.5. The van der Waals surface area contributed by atoms with Crippen molar-refractivity contribution in [1.82, 2.24) is 9.88 Å². The number of anilines is 1. The van der Waals surface area contributed by atoms with E-state index in [4.69, 9.17) is 0 Å². The summed E-state index contributed by atoms with van der Waals surface area (Å²) in [5, 5.41) is 13.3. The third kappa shape index (κ3) is 4.86. The van der Waals surface area contributed by atoms with Gasteiger partial charge in [-0.1, -0.05) is 0 Å². The predicted octanol–water partition coefficient (Wildman–Crippen LogP) is 4.76. The summed E-state index contributed by atoms with van der Waals surface area (Å²) < 4.78 is 53.7. The van der Waals surface area contributed by atoms with Gasteiger partial charge in [0.05, 0.1) is 22.3 Å². The Bertz CT molecular complexity index is 1040. The van der Waals surface area contributed by atoms with Crippen molar-refractivity contribution in [2.24, 2.45) is 4.99 Å². The van der Waals surface area contributed by atoms with Gasteiger partial charge >= 0.3 is 6.18 Å². The topological polar surface area (TPSA) is 63.6 Å². The van der Waals surface area contributed by atoms with E-state index in [-0.39, 0.29) is 22.8 Å². The van der Waals surface area contributed by atoms with Gasteiger partial charge in [-0.05, 0) is 50.5 Å². The molecule has 9 heteroatoms. The van der Waals surface area contributed by atoms with E-state index < -0.39 is 17.6 Å². The lowest BCUT2D eigenvalue weighted by Gasteiger charge is -2.16. The van der Waals surface area contributed by atoms with E-state index in [2.05, 4.69) is 15.3 Å². The quantitative estimate of drug-likeness (QED) is 0.407. The van der Waals surface area contributed by atoms with E-state index >= 15 is 0 Å². The molecule has 0 radical (unpaired) electrons.